The Balaban J connectivity index is 1.90. The molecule has 0 amide bonds. The van der Waals surface area contributed by atoms with E-state index in [9.17, 15) is 0 Å². The zero-order valence-electron chi connectivity index (χ0n) is 9.70. The number of hydrogen-bond donors (Lipinski definition) is 1. The van der Waals surface area contributed by atoms with Crippen molar-refractivity contribution in [3.8, 4) is 0 Å². The fourth-order valence-electron chi connectivity index (χ4n) is 2.71. The van der Waals surface area contributed by atoms with Crippen LogP contribution in [0.4, 0.5) is 0 Å². The first kappa shape index (κ1) is 11.2. The summed E-state index contributed by atoms with van der Waals surface area (Å²) < 4.78 is 0. The van der Waals surface area contributed by atoms with Gasteiger partial charge in [-0.05, 0) is 53.6 Å². The van der Waals surface area contributed by atoms with Crippen molar-refractivity contribution in [1.29, 1.82) is 0 Å². The second-order valence-corrected chi connectivity index (χ2v) is 5.31. The fraction of sp³-hybridized carbons (Fsp3) is 0.692. The second kappa shape index (κ2) is 5.13. The van der Waals surface area contributed by atoms with Gasteiger partial charge in [-0.25, -0.2) is 0 Å². The molecule has 3 atom stereocenters. The van der Waals surface area contributed by atoms with E-state index in [4.69, 9.17) is 0 Å². The van der Waals surface area contributed by atoms with Gasteiger partial charge >= 0.3 is 0 Å². The van der Waals surface area contributed by atoms with Crippen LogP contribution < -0.4 is 5.32 Å². The van der Waals surface area contributed by atoms with Gasteiger partial charge in [0.25, 0.3) is 0 Å². The van der Waals surface area contributed by atoms with Gasteiger partial charge in [0.1, 0.15) is 0 Å². The van der Waals surface area contributed by atoms with Gasteiger partial charge in [-0.1, -0.05) is 20.3 Å². The Morgan fingerprint density at radius 1 is 1.47 bits per heavy atom. The summed E-state index contributed by atoms with van der Waals surface area (Å²) in [4.78, 5) is 0. The highest BCUT2D eigenvalue weighted by atomic mass is 32.1. The van der Waals surface area contributed by atoms with E-state index in [1.165, 1.54) is 25.8 Å². The highest BCUT2D eigenvalue weighted by Gasteiger charge is 2.39. The van der Waals surface area contributed by atoms with Gasteiger partial charge in [-0.15, -0.1) is 0 Å². The molecule has 0 bridgehead atoms. The minimum atomic E-state index is 0.778. The number of rotatable bonds is 5. The van der Waals surface area contributed by atoms with Crippen LogP contribution in [0.1, 0.15) is 44.6 Å². The van der Waals surface area contributed by atoms with E-state index < -0.39 is 0 Å². The lowest BCUT2D eigenvalue weighted by atomic mass is 9.65. The molecule has 1 saturated carbocycles. The molecule has 0 spiro atoms. The summed E-state index contributed by atoms with van der Waals surface area (Å²) in [7, 11) is 0. The molecule has 2 rings (SSSR count). The first-order valence-corrected chi connectivity index (χ1v) is 7.06. The topological polar surface area (TPSA) is 12.0 Å². The first-order chi connectivity index (χ1) is 7.36. The van der Waals surface area contributed by atoms with E-state index in [1.54, 1.807) is 5.56 Å². The average molecular weight is 223 g/mol. The molecule has 0 aliphatic heterocycles. The van der Waals surface area contributed by atoms with Crippen LogP contribution in [0.25, 0.3) is 0 Å². The third-order valence-electron chi connectivity index (χ3n) is 3.64. The normalized spacial score (nSPS) is 30.1. The van der Waals surface area contributed by atoms with E-state index in [1.807, 2.05) is 11.3 Å². The highest BCUT2D eigenvalue weighted by molar-refractivity contribution is 7.07. The number of nitrogens with one attached hydrogen (secondary N) is 1. The molecule has 0 saturated heterocycles. The lowest BCUT2D eigenvalue weighted by Gasteiger charge is -2.45. The summed E-state index contributed by atoms with van der Waals surface area (Å²) in [5.74, 6) is 1.70. The van der Waals surface area contributed by atoms with Gasteiger partial charge in [0.05, 0.1) is 0 Å². The SMILES string of the molecule is CCCNC1CC(c2ccsc2)C1CC. The molecule has 0 aromatic carbocycles. The molecular formula is C13H21NS. The minimum Gasteiger partial charge on any atom is -0.314 e. The van der Waals surface area contributed by atoms with Gasteiger partial charge < -0.3 is 5.32 Å². The van der Waals surface area contributed by atoms with Gasteiger partial charge in [0.2, 0.25) is 0 Å². The van der Waals surface area contributed by atoms with E-state index >= 15 is 0 Å². The summed E-state index contributed by atoms with van der Waals surface area (Å²) in [6.45, 7) is 5.74. The first-order valence-electron chi connectivity index (χ1n) is 6.12. The fourth-order valence-corrected chi connectivity index (χ4v) is 3.44. The van der Waals surface area contributed by atoms with Crippen LogP contribution in [0.3, 0.4) is 0 Å². The van der Waals surface area contributed by atoms with Crippen molar-refractivity contribution in [2.75, 3.05) is 6.54 Å². The third kappa shape index (κ3) is 2.26. The van der Waals surface area contributed by atoms with Crippen molar-refractivity contribution in [3.63, 3.8) is 0 Å². The predicted molar refractivity (Wildman–Crippen MR) is 67.5 cm³/mol. The third-order valence-corrected chi connectivity index (χ3v) is 4.34. The molecule has 2 heteroatoms. The maximum Gasteiger partial charge on any atom is 0.0107 e. The molecular weight excluding hydrogens is 202 g/mol. The average Bonchev–Trinajstić information content (AvgIpc) is 2.70. The Kier molecular flexibility index (Phi) is 3.81. The van der Waals surface area contributed by atoms with Crippen LogP contribution in [0.15, 0.2) is 16.8 Å². The van der Waals surface area contributed by atoms with Crippen molar-refractivity contribution in [3.05, 3.63) is 22.4 Å². The molecule has 84 valence electrons. The van der Waals surface area contributed by atoms with Crippen molar-refractivity contribution < 1.29 is 0 Å². The molecule has 3 unspecified atom stereocenters. The van der Waals surface area contributed by atoms with E-state index in [2.05, 4.69) is 36.0 Å². The number of thiophene rings is 1. The molecule has 1 N–H and O–H groups in total. The Bertz CT molecular complexity index is 281. The van der Waals surface area contributed by atoms with Gasteiger partial charge in [-0.2, -0.15) is 11.3 Å². The van der Waals surface area contributed by atoms with Gasteiger partial charge in [-0.3, -0.25) is 0 Å². The summed E-state index contributed by atoms with van der Waals surface area (Å²) in [6.07, 6.45) is 3.90. The van der Waals surface area contributed by atoms with Crippen LogP contribution >= 0.6 is 11.3 Å². The molecule has 1 aliphatic carbocycles. The quantitative estimate of drug-likeness (QED) is 0.804. The van der Waals surface area contributed by atoms with Crippen LogP contribution in [-0.4, -0.2) is 12.6 Å². The van der Waals surface area contributed by atoms with Crippen molar-refractivity contribution in [2.45, 2.75) is 45.1 Å². The minimum absolute atomic E-state index is 0.778. The summed E-state index contributed by atoms with van der Waals surface area (Å²) in [6, 6.07) is 3.08. The van der Waals surface area contributed by atoms with Crippen LogP contribution in [0.2, 0.25) is 0 Å². The maximum absolute atomic E-state index is 3.67. The molecule has 1 aliphatic rings. The Hall–Kier alpha value is -0.340. The standard InChI is InChI=1S/C13H21NS/c1-3-6-14-13-8-12(11(13)4-2)10-5-7-15-9-10/h5,7,9,11-14H,3-4,6,8H2,1-2H3. The van der Waals surface area contributed by atoms with E-state index in [0.717, 1.165) is 17.9 Å². The van der Waals surface area contributed by atoms with Gasteiger partial charge in [0.15, 0.2) is 0 Å². The lowest BCUT2D eigenvalue weighted by Crippen LogP contribution is -2.49. The van der Waals surface area contributed by atoms with Crippen molar-refractivity contribution >= 4 is 11.3 Å². The lowest BCUT2D eigenvalue weighted by molar-refractivity contribution is 0.161. The smallest absolute Gasteiger partial charge is 0.0107 e. The van der Waals surface area contributed by atoms with Gasteiger partial charge in [0, 0.05) is 6.04 Å². The largest absolute Gasteiger partial charge is 0.314 e. The summed E-state index contributed by atoms with van der Waals surface area (Å²) >= 11 is 1.83. The van der Waals surface area contributed by atoms with Crippen molar-refractivity contribution in [2.24, 2.45) is 5.92 Å². The Morgan fingerprint density at radius 2 is 2.33 bits per heavy atom. The summed E-state index contributed by atoms with van der Waals surface area (Å²) in [5, 5.41) is 8.19. The Labute approximate surface area is 96.9 Å². The molecule has 1 nitrogen and oxygen atoms in total. The second-order valence-electron chi connectivity index (χ2n) is 4.53. The van der Waals surface area contributed by atoms with Crippen LogP contribution in [-0.2, 0) is 0 Å². The van der Waals surface area contributed by atoms with E-state index in [0.29, 0.717) is 0 Å². The van der Waals surface area contributed by atoms with Crippen LogP contribution in [0.5, 0.6) is 0 Å². The molecule has 1 heterocycles. The molecule has 0 radical (unpaired) electrons. The molecule has 1 fully saturated rings. The zero-order chi connectivity index (χ0) is 10.7. The molecule has 1 aromatic rings. The number of hydrogen-bond acceptors (Lipinski definition) is 2. The van der Waals surface area contributed by atoms with Crippen LogP contribution in [0, 0.1) is 5.92 Å². The predicted octanol–water partition coefficient (Wildman–Crippen LogP) is 3.63. The highest BCUT2D eigenvalue weighted by Crippen LogP contribution is 2.45. The maximum atomic E-state index is 3.67. The molecule has 1 aromatic heterocycles. The molecule has 15 heavy (non-hydrogen) atoms. The zero-order valence-corrected chi connectivity index (χ0v) is 10.5. The Morgan fingerprint density at radius 3 is 2.93 bits per heavy atom. The summed E-state index contributed by atoms with van der Waals surface area (Å²) in [5.41, 5.74) is 1.57. The van der Waals surface area contributed by atoms with Crippen molar-refractivity contribution in [1.82, 2.24) is 5.32 Å². The monoisotopic (exact) mass is 223 g/mol. The van der Waals surface area contributed by atoms with E-state index in [-0.39, 0.29) is 0 Å².